The summed E-state index contributed by atoms with van der Waals surface area (Å²) in [6.07, 6.45) is 4.44. The number of Topliss-reactive ketones (excluding diaryl/α,β-unsaturated/α-hetero) is 1. The zero-order valence-corrected chi connectivity index (χ0v) is 9.74. The van der Waals surface area contributed by atoms with E-state index in [9.17, 15) is 4.79 Å². The Hall–Kier alpha value is -1.31. The normalized spacial score (nSPS) is 14.8. The molecule has 16 heavy (non-hydrogen) atoms. The molecule has 1 aliphatic carbocycles. The lowest BCUT2D eigenvalue weighted by molar-refractivity contribution is -0.116. The summed E-state index contributed by atoms with van der Waals surface area (Å²) in [5.74, 6) is 2.02. The van der Waals surface area contributed by atoms with Crippen LogP contribution in [0.25, 0.3) is 0 Å². The summed E-state index contributed by atoms with van der Waals surface area (Å²) in [5, 5.41) is 0. The highest BCUT2D eigenvalue weighted by atomic mass is 16.5. The Morgan fingerprint density at radius 1 is 1.31 bits per heavy atom. The highest BCUT2D eigenvalue weighted by Gasteiger charge is 2.20. The highest BCUT2D eigenvalue weighted by molar-refractivity contribution is 5.78. The molecule has 0 spiro atoms. The van der Waals surface area contributed by atoms with E-state index in [4.69, 9.17) is 4.74 Å². The molecular formula is C14H18O2. The van der Waals surface area contributed by atoms with Gasteiger partial charge in [-0.1, -0.05) is 25.0 Å². The number of carbonyl (C=O) groups excluding carboxylic acids is 1. The standard InChI is InChI=1S/C14H18O2/c1-11(15)10-13-4-6-14(7-5-13)16-9-8-12-2-3-12/h4-7,12H,2-3,8-10H2,1H3. The number of benzene rings is 1. The summed E-state index contributed by atoms with van der Waals surface area (Å²) in [4.78, 5) is 10.9. The van der Waals surface area contributed by atoms with E-state index < -0.39 is 0 Å². The van der Waals surface area contributed by atoms with E-state index in [2.05, 4.69) is 0 Å². The van der Waals surface area contributed by atoms with E-state index in [1.165, 1.54) is 19.3 Å². The van der Waals surface area contributed by atoms with Crippen molar-refractivity contribution in [3.05, 3.63) is 29.8 Å². The van der Waals surface area contributed by atoms with E-state index in [-0.39, 0.29) is 5.78 Å². The minimum Gasteiger partial charge on any atom is -0.494 e. The second-order valence-electron chi connectivity index (χ2n) is 4.60. The van der Waals surface area contributed by atoms with Crippen molar-refractivity contribution in [2.24, 2.45) is 5.92 Å². The molecule has 86 valence electrons. The number of rotatable bonds is 6. The summed E-state index contributed by atoms with van der Waals surface area (Å²) >= 11 is 0. The van der Waals surface area contributed by atoms with Gasteiger partial charge in [0.2, 0.25) is 0 Å². The van der Waals surface area contributed by atoms with Crippen LogP contribution in [0, 0.1) is 5.92 Å². The Morgan fingerprint density at radius 2 is 2.00 bits per heavy atom. The average Bonchev–Trinajstić information content (AvgIpc) is 3.04. The van der Waals surface area contributed by atoms with Gasteiger partial charge in [-0.25, -0.2) is 0 Å². The van der Waals surface area contributed by atoms with E-state index in [0.717, 1.165) is 23.8 Å². The molecular weight excluding hydrogens is 200 g/mol. The first kappa shape index (κ1) is 11.2. The number of ketones is 1. The lowest BCUT2D eigenvalue weighted by Crippen LogP contribution is -1.99. The molecule has 1 fully saturated rings. The van der Waals surface area contributed by atoms with Crippen molar-refractivity contribution >= 4 is 5.78 Å². The maximum Gasteiger partial charge on any atom is 0.134 e. The molecule has 0 bridgehead atoms. The van der Waals surface area contributed by atoms with Crippen LogP contribution < -0.4 is 4.74 Å². The van der Waals surface area contributed by atoms with Crippen LogP contribution in [-0.2, 0) is 11.2 Å². The van der Waals surface area contributed by atoms with E-state index in [1.54, 1.807) is 6.92 Å². The third-order valence-corrected chi connectivity index (χ3v) is 2.87. The van der Waals surface area contributed by atoms with E-state index in [1.807, 2.05) is 24.3 Å². The fraction of sp³-hybridized carbons (Fsp3) is 0.500. The zero-order valence-electron chi connectivity index (χ0n) is 9.74. The molecule has 1 aliphatic rings. The van der Waals surface area contributed by atoms with Crippen LogP contribution >= 0.6 is 0 Å². The topological polar surface area (TPSA) is 26.3 Å². The summed E-state index contributed by atoms with van der Waals surface area (Å²) in [5.41, 5.74) is 1.06. The van der Waals surface area contributed by atoms with Gasteiger partial charge in [-0.05, 0) is 37.0 Å². The fourth-order valence-electron chi connectivity index (χ4n) is 1.74. The van der Waals surface area contributed by atoms with Crippen LogP contribution in [0.2, 0.25) is 0 Å². The number of hydrogen-bond donors (Lipinski definition) is 0. The quantitative estimate of drug-likeness (QED) is 0.733. The Labute approximate surface area is 96.6 Å². The third-order valence-electron chi connectivity index (χ3n) is 2.87. The summed E-state index contributed by atoms with van der Waals surface area (Å²) in [6.45, 7) is 2.43. The van der Waals surface area contributed by atoms with E-state index in [0.29, 0.717) is 6.42 Å². The van der Waals surface area contributed by atoms with Gasteiger partial charge in [0.05, 0.1) is 6.61 Å². The van der Waals surface area contributed by atoms with Gasteiger partial charge in [-0.3, -0.25) is 4.79 Å². The molecule has 2 nitrogen and oxygen atoms in total. The van der Waals surface area contributed by atoms with Crippen LogP contribution in [0.4, 0.5) is 0 Å². The van der Waals surface area contributed by atoms with Crippen LogP contribution in [0.3, 0.4) is 0 Å². The Bertz CT molecular complexity index is 350. The summed E-state index contributed by atoms with van der Waals surface area (Å²) in [6, 6.07) is 7.83. The van der Waals surface area contributed by atoms with Gasteiger partial charge in [-0.2, -0.15) is 0 Å². The zero-order chi connectivity index (χ0) is 11.4. The highest BCUT2D eigenvalue weighted by Crippen LogP contribution is 2.32. The fourth-order valence-corrected chi connectivity index (χ4v) is 1.74. The maximum absolute atomic E-state index is 10.9. The van der Waals surface area contributed by atoms with Crippen molar-refractivity contribution in [2.75, 3.05) is 6.61 Å². The minimum absolute atomic E-state index is 0.197. The molecule has 1 aromatic carbocycles. The second kappa shape index (κ2) is 5.15. The number of hydrogen-bond acceptors (Lipinski definition) is 2. The van der Waals surface area contributed by atoms with Gasteiger partial charge in [0.15, 0.2) is 0 Å². The monoisotopic (exact) mass is 218 g/mol. The molecule has 0 heterocycles. The molecule has 0 saturated heterocycles. The van der Waals surface area contributed by atoms with E-state index >= 15 is 0 Å². The van der Waals surface area contributed by atoms with Crippen molar-refractivity contribution in [1.29, 1.82) is 0 Å². The second-order valence-corrected chi connectivity index (χ2v) is 4.60. The minimum atomic E-state index is 0.197. The van der Waals surface area contributed by atoms with Crippen LogP contribution in [0.5, 0.6) is 5.75 Å². The molecule has 0 atom stereocenters. The molecule has 1 saturated carbocycles. The lowest BCUT2D eigenvalue weighted by Gasteiger charge is -2.06. The van der Waals surface area contributed by atoms with Gasteiger partial charge in [0.25, 0.3) is 0 Å². The number of carbonyl (C=O) groups is 1. The summed E-state index contributed by atoms with van der Waals surface area (Å²) in [7, 11) is 0. The predicted octanol–water partition coefficient (Wildman–Crippen LogP) is 3.00. The molecule has 2 heteroatoms. The smallest absolute Gasteiger partial charge is 0.134 e. The largest absolute Gasteiger partial charge is 0.494 e. The molecule has 0 aromatic heterocycles. The van der Waals surface area contributed by atoms with Crippen molar-refractivity contribution in [3.63, 3.8) is 0 Å². The molecule has 0 N–H and O–H groups in total. The van der Waals surface area contributed by atoms with Crippen molar-refractivity contribution in [1.82, 2.24) is 0 Å². The van der Waals surface area contributed by atoms with Crippen molar-refractivity contribution in [3.8, 4) is 5.75 Å². The molecule has 0 amide bonds. The molecule has 0 aliphatic heterocycles. The SMILES string of the molecule is CC(=O)Cc1ccc(OCCC2CC2)cc1. The first-order chi connectivity index (χ1) is 7.74. The van der Waals surface area contributed by atoms with Crippen LogP contribution in [-0.4, -0.2) is 12.4 Å². The van der Waals surface area contributed by atoms with Crippen LogP contribution in [0.15, 0.2) is 24.3 Å². The summed E-state index contributed by atoms with van der Waals surface area (Å²) < 4.78 is 5.63. The Morgan fingerprint density at radius 3 is 2.56 bits per heavy atom. The third kappa shape index (κ3) is 3.69. The predicted molar refractivity (Wildman–Crippen MR) is 63.7 cm³/mol. The van der Waals surface area contributed by atoms with Crippen molar-refractivity contribution < 1.29 is 9.53 Å². The molecule has 0 radical (unpaired) electrons. The van der Waals surface area contributed by atoms with Gasteiger partial charge in [-0.15, -0.1) is 0 Å². The van der Waals surface area contributed by atoms with Crippen LogP contribution in [0.1, 0.15) is 31.7 Å². The van der Waals surface area contributed by atoms with Gasteiger partial charge < -0.3 is 4.74 Å². The first-order valence-electron chi connectivity index (χ1n) is 5.95. The first-order valence-corrected chi connectivity index (χ1v) is 5.95. The maximum atomic E-state index is 10.9. The van der Waals surface area contributed by atoms with Gasteiger partial charge >= 0.3 is 0 Å². The average molecular weight is 218 g/mol. The van der Waals surface area contributed by atoms with Crippen molar-refractivity contribution in [2.45, 2.75) is 32.6 Å². The van der Waals surface area contributed by atoms with Gasteiger partial charge in [0.1, 0.15) is 11.5 Å². The lowest BCUT2D eigenvalue weighted by atomic mass is 10.1. The molecule has 0 unspecified atom stereocenters. The molecule has 1 aromatic rings. The molecule has 2 rings (SSSR count). The number of ether oxygens (including phenoxy) is 1. The Balaban J connectivity index is 1.78. The Kier molecular flexibility index (Phi) is 3.60. The van der Waals surface area contributed by atoms with Gasteiger partial charge in [0, 0.05) is 6.42 Å².